The molecular formula is C13H13NO5S. The molecule has 2 fully saturated rings. The summed E-state index contributed by atoms with van der Waals surface area (Å²) in [6.45, 7) is 2.91. The molecule has 20 heavy (non-hydrogen) atoms. The number of hydrogen-bond acceptors (Lipinski definition) is 7. The maximum atomic E-state index is 11.5. The maximum absolute atomic E-state index is 11.5. The molecule has 4 rings (SSSR count). The Balaban J connectivity index is 1.53. The van der Waals surface area contributed by atoms with Crippen LogP contribution in [0.4, 0.5) is 5.00 Å². The number of piperidine rings is 1. The van der Waals surface area contributed by atoms with Gasteiger partial charge in [0.2, 0.25) is 0 Å². The Bertz CT molecular complexity index is 548. The Morgan fingerprint density at radius 1 is 1.10 bits per heavy atom. The minimum Gasteiger partial charge on any atom is -0.385 e. The average molecular weight is 295 g/mol. The highest BCUT2D eigenvalue weighted by molar-refractivity contribution is 7.18. The molecule has 106 valence electrons. The lowest BCUT2D eigenvalue weighted by Crippen LogP contribution is -2.45. The van der Waals surface area contributed by atoms with Crippen LogP contribution >= 0.6 is 11.3 Å². The SMILES string of the molecule is O=C1OC(=O)c2sc(N3CCC4(CC3)OCCO4)cc21. The molecule has 3 aliphatic heterocycles. The topological polar surface area (TPSA) is 65.1 Å². The lowest BCUT2D eigenvalue weighted by molar-refractivity contribution is -0.169. The van der Waals surface area contributed by atoms with Gasteiger partial charge in [0.25, 0.3) is 0 Å². The van der Waals surface area contributed by atoms with E-state index in [1.807, 2.05) is 0 Å². The van der Waals surface area contributed by atoms with Crippen LogP contribution in [0.25, 0.3) is 0 Å². The number of carbonyl (C=O) groups excluding carboxylic acids is 2. The van der Waals surface area contributed by atoms with Crippen molar-refractivity contribution in [2.45, 2.75) is 18.6 Å². The van der Waals surface area contributed by atoms with E-state index in [1.54, 1.807) is 6.07 Å². The van der Waals surface area contributed by atoms with Gasteiger partial charge in [-0.25, -0.2) is 9.59 Å². The summed E-state index contributed by atoms with van der Waals surface area (Å²) >= 11 is 1.32. The number of fused-ring (bicyclic) bond motifs is 1. The number of esters is 2. The van der Waals surface area contributed by atoms with Crippen LogP contribution in [0.15, 0.2) is 6.07 Å². The van der Waals surface area contributed by atoms with E-state index in [-0.39, 0.29) is 0 Å². The van der Waals surface area contributed by atoms with Gasteiger partial charge in [-0.05, 0) is 6.07 Å². The molecule has 1 aromatic heterocycles. The smallest absolute Gasteiger partial charge is 0.357 e. The van der Waals surface area contributed by atoms with Gasteiger partial charge in [-0.2, -0.15) is 0 Å². The third-order valence-corrected chi connectivity index (χ3v) is 5.14. The van der Waals surface area contributed by atoms with Gasteiger partial charge in [-0.3, -0.25) is 0 Å². The lowest BCUT2D eigenvalue weighted by Gasteiger charge is -2.38. The second kappa shape index (κ2) is 4.28. The van der Waals surface area contributed by atoms with Crippen LogP contribution in [-0.2, 0) is 14.2 Å². The van der Waals surface area contributed by atoms with Crippen molar-refractivity contribution in [3.8, 4) is 0 Å². The fourth-order valence-electron chi connectivity index (χ4n) is 2.88. The molecular weight excluding hydrogens is 282 g/mol. The Morgan fingerprint density at radius 3 is 2.45 bits per heavy atom. The van der Waals surface area contributed by atoms with Crippen molar-refractivity contribution >= 4 is 28.3 Å². The highest BCUT2D eigenvalue weighted by Crippen LogP contribution is 2.38. The zero-order valence-electron chi connectivity index (χ0n) is 10.7. The first-order valence-corrected chi connectivity index (χ1v) is 7.42. The molecule has 1 aromatic rings. The van der Waals surface area contributed by atoms with E-state index in [0.717, 1.165) is 30.9 Å². The molecule has 0 saturated carbocycles. The number of thiophene rings is 1. The quantitative estimate of drug-likeness (QED) is 0.576. The first-order chi connectivity index (χ1) is 9.67. The largest absolute Gasteiger partial charge is 0.385 e. The van der Waals surface area contributed by atoms with Crippen LogP contribution in [-0.4, -0.2) is 44.0 Å². The molecule has 3 aliphatic rings. The Kier molecular flexibility index (Phi) is 2.63. The van der Waals surface area contributed by atoms with Gasteiger partial charge < -0.3 is 19.1 Å². The molecule has 4 heterocycles. The fourth-order valence-corrected chi connectivity index (χ4v) is 3.95. The molecule has 0 bridgehead atoms. The number of anilines is 1. The first kappa shape index (κ1) is 12.3. The van der Waals surface area contributed by atoms with Crippen molar-refractivity contribution in [1.82, 2.24) is 0 Å². The predicted molar refractivity (Wildman–Crippen MR) is 70.1 cm³/mol. The average Bonchev–Trinajstić information content (AvgIpc) is 3.12. The number of hydrogen-bond donors (Lipinski definition) is 0. The minimum absolute atomic E-state index is 0.392. The van der Waals surface area contributed by atoms with E-state index >= 15 is 0 Å². The van der Waals surface area contributed by atoms with Crippen molar-refractivity contribution in [3.63, 3.8) is 0 Å². The standard InChI is InChI=1S/C13H13NO5S/c15-11-8-7-9(20-10(8)12(16)19-11)14-3-1-13(2-4-14)17-5-6-18-13/h7H,1-6H2. The van der Waals surface area contributed by atoms with Crippen molar-refractivity contribution in [3.05, 3.63) is 16.5 Å². The summed E-state index contributed by atoms with van der Waals surface area (Å²) in [5.41, 5.74) is 0.392. The summed E-state index contributed by atoms with van der Waals surface area (Å²) in [7, 11) is 0. The number of cyclic esters (lactones) is 2. The van der Waals surface area contributed by atoms with Gasteiger partial charge in [0.1, 0.15) is 4.88 Å². The molecule has 0 radical (unpaired) electrons. The van der Waals surface area contributed by atoms with E-state index in [1.165, 1.54) is 11.3 Å². The van der Waals surface area contributed by atoms with Gasteiger partial charge in [-0.15, -0.1) is 11.3 Å². The van der Waals surface area contributed by atoms with Gasteiger partial charge in [0.15, 0.2) is 5.79 Å². The second-order valence-electron chi connectivity index (χ2n) is 5.10. The van der Waals surface area contributed by atoms with Crippen LogP contribution in [0.2, 0.25) is 0 Å². The molecule has 0 unspecified atom stereocenters. The van der Waals surface area contributed by atoms with Crippen molar-refractivity contribution in [2.75, 3.05) is 31.2 Å². The van der Waals surface area contributed by atoms with E-state index < -0.39 is 17.7 Å². The van der Waals surface area contributed by atoms with Gasteiger partial charge >= 0.3 is 11.9 Å². The molecule has 2 saturated heterocycles. The second-order valence-corrected chi connectivity index (χ2v) is 6.13. The van der Waals surface area contributed by atoms with Crippen LogP contribution in [0, 0.1) is 0 Å². The Morgan fingerprint density at radius 2 is 1.80 bits per heavy atom. The zero-order valence-corrected chi connectivity index (χ0v) is 11.5. The fraction of sp³-hybridized carbons (Fsp3) is 0.538. The maximum Gasteiger partial charge on any atom is 0.357 e. The molecule has 0 atom stereocenters. The van der Waals surface area contributed by atoms with E-state index in [9.17, 15) is 9.59 Å². The number of ether oxygens (including phenoxy) is 3. The third kappa shape index (κ3) is 1.77. The van der Waals surface area contributed by atoms with E-state index in [0.29, 0.717) is 23.7 Å². The van der Waals surface area contributed by atoms with Crippen LogP contribution < -0.4 is 4.90 Å². The summed E-state index contributed by atoms with van der Waals surface area (Å²) in [5, 5.41) is 0.938. The Hall–Kier alpha value is -1.44. The number of rotatable bonds is 1. The summed E-state index contributed by atoms with van der Waals surface area (Å²) in [5.74, 6) is -1.48. The number of carbonyl (C=O) groups is 2. The molecule has 0 amide bonds. The molecule has 0 aromatic carbocycles. The normalized spacial score (nSPS) is 24.3. The minimum atomic E-state index is -0.538. The van der Waals surface area contributed by atoms with Gasteiger partial charge in [-0.1, -0.05) is 0 Å². The van der Waals surface area contributed by atoms with Crippen molar-refractivity contribution in [1.29, 1.82) is 0 Å². The monoisotopic (exact) mass is 295 g/mol. The molecule has 0 N–H and O–H groups in total. The first-order valence-electron chi connectivity index (χ1n) is 6.60. The lowest BCUT2D eigenvalue weighted by atomic mass is 10.0. The van der Waals surface area contributed by atoms with E-state index in [4.69, 9.17) is 9.47 Å². The molecule has 7 heteroatoms. The summed E-state index contributed by atoms with van der Waals surface area (Å²) in [6.07, 6.45) is 1.60. The van der Waals surface area contributed by atoms with Crippen LogP contribution in [0.1, 0.15) is 32.9 Å². The van der Waals surface area contributed by atoms with Crippen LogP contribution in [0.5, 0.6) is 0 Å². The van der Waals surface area contributed by atoms with Gasteiger partial charge in [0.05, 0.1) is 23.8 Å². The molecule has 1 spiro atoms. The zero-order chi connectivity index (χ0) is 13.7. The third-order valence-electron chi connectivity index (χ3n) is 3.96. The summed E-state index contributed by atoms with van der Waals surface area (Å²) in [4.78, 5) is 25.5. The van der Waals surface area contributed by atoms with Gasteiger partial charge in [0, 0.05) is 25.9 Å². The highest BCUT2D eigenvalue weighted by atomic mass is 32.1. The summed E-state index contributed by atoms with van der Waals surface area (Å²) < 4.78 is 15.9. The Labute approximate surface area is 119 Å². The predicted octanol–water partition coefficient (Wildman–Crippen LogP) is 1.40. The molecule has 0 aliphatic carbocycles. The molecule has 6 nitrogen and oxygen atoms in total. The number of nitrogens with zero attached hydrogens (tertiary/aromatic N) is 1. The summed E-state index contributed by atoms with van der Waals surface area (Å²) in [6, 6.07) is 1.75. The van der Waals surface area contributed by atoms with Crippen molar-refractivity contribution < 1.29 is 23.8 Å². The highest BCUT2D eigenvalue weighted by Gasteiger charge is 2.41. The van der Waals surface area contributed by atoms with Crippen molar-refractivity contribution in [2.24, 2.45) is 0 Å². The van der Waals surface area contributed by atoms with E-state index in [2.05, 4.69) is 9.64 Å². The van der Waals surface area contributed by atoms with Crippen LogP contribution in [0.3, 0.4) is 0 Å².